The number of methoxy groups -OCH3 is 1. The first-order valence-corrected chi connectivity index (χ1v) is 11.7. The molecule has 0 unspecified atom stereocenters. The van der Waals surface area contributed by atoms with Crippen molar-refractivity contribution in [1.82, 2.24) is 5.32 Å². The van der Waals surface area contributed by atoms with Crippen LogP contribution in [0.3, 0.4) is 0 Å². The summed E-state index contributed by atoms with van der Waals surface area (Å²) in [5.74, 6) is -1.18. The van der Waals surface area contributed by atoms with Crippen molar-refractivity contribution in [1.29, 1.82) is 0 Å². The second kappa shape index (κ2) is 12.0. The molecule has 0 fully saturated rings. The standard InChI is InChI=1S/C25H28INO8/c1-14(28)33-21-9-7-16(12-20(23(30)32-6)27-24(31)35-25(3,4)5)11-18(21)19-13-17(26)8-10-22(19)34-15(2)29/h7-11,13,20H,12H2,1-6H3,(H,27,31)/t20-/m0/s1. The van der Waals surface area contributed by atoms with Crippen molar-refractivity contribution in [3.05, 3.63) is 45.5 Å². The van der Waals surface area contributed by atoms with E-state index in [-0.39, 0.29) is 17.9 Å². The van der Waals surface area contributed by atoms with Crippen molar-refractivity contribution in [2.24, 2.45) is 0 Å². The van der Waals surface area contributed by atoms with Crippen LogP contribution in [0.25, 0.3) is 11.1 Å². The molecule has 1 atom stereocenters. The van der Waals surface area contributed by atoms with Crippen LogP contribution in [0, 0.1) is 3.57 Å². The maximum Gasteiger partial charge on any atom is 0.408 e. The Morgan fingerprint density at radius 1 is 0.914 bits per heavy atom. The molecular formula is C25H28INO8. The average Bonchev–Trinajstić information content (AvgIpc) is 2.73. The molecule has 0 spiro atoms. The Labute approximate surface area is 217 Å². The fourth-order valence-corrected chi connectivity index (χ4v) is 3.63. The summed E-state index contributed by atoms with van der Waals surface area (Å²) < 4.78 is 21.7. The minimum atomic E-state index is -1.04. The van der Waals surface area contributed by atoms with Gasteiger partial charge in [0.15, 0.2) is 0 Å². The predicted molar refractivity (Wildman–Crippen MR) is 136 cm³/mol. The monoisotopic (exact) mass is 597 g/mol. The molecule has 0 saturated heterocycles. The molecule has 0 aliphatic heterocycles. The Morgan fingerprint density at radius 2 is 1.46 bits per heavy atom. The number of rotatable bonds is 7. The number of amides is 1. The van der Waals surface area contributed by atoms with Gasteiger partial charge in [-0.1, -0.05) is 6.07 Å². The quantitative estimate of drug-likeness (QED) is 0.283. The Kier molecular flexibility index (Phi) is 9.64. The molecular weight excluding hydrogens is 569 g/mol. The minimum Gasteiger partial charge on any atom is -0.467 e. The van der Waals surface area contributed by atoms with Crippen LogP contribution in [0.4, 0.5) is 4.79 Å². The molecule has 0 heterocycles. The summed E-state index contributed by atoms with van der Waals surface area (Å²) in [4.78, 5) is 48.0. The number of alkyl carbamates (subject to hydrolysis) is 1. The van der Waals surface area contributed by atoms with Gasteiger partial charge in [0.2, 0.25) is 0 Å². The minimum absolute atomic E-state index is 0.0616. The summed E-state index contributed by atoms with van der Waals surface area (Å²) in [6.07, 6.45) is -0.703. The van der Waals surface area contributed by atoms with Gasteiger partial charge in [0.25, 0.3) is 0 Å². The molecule has 0 aromatic heterocycles. The first-order valence-electron chi connectivity index (χ1n) is 10.7. The number of esters is 3. The maximum atomic E-state index is 12.4. The summed E-state index contributed by atoms with van der Waals surface area (Å²) in [5, 5.41) is 2.53. The largest absolute Gasteiger partial charge is 0.467 e. The smallest absolute Gasteiger partial charge is 0.408 e. The van der Waals surface area contributed by atoms with E-state index in [1.807, 2.05) is 0 Å². The van der Waals surface area contributed by atoms with Crippen molar-refractivity contribution in [2.75, 3.05) is 7.11 Å². The van der Waals surface area contributed by atoms with Crippen molar-refractivity contribution in [2.45, 2.75) is 52.7 Å². The fraction of sp³-hybridized carbons (Fsp3) is 0.360. The van der Waals surface area contributed by atoms with Crippen molar-refractivity contribution in [3.63, 3.8) is 0 Å². The third-order valence-corrected chi connectivity index (χ3v) is 5.07. The van der Waals surface area contributed by atoms with Crippen LogP contribution in [-0.2, 0) is 30.3 Å². The van der Waals surface area contributed by atoms with Crippen molar-refractivity contribution < 1.29 is 38.1 Å². The van der Waals surface area contributed by atoms with Crippen LogP contribution in [0.15, 0.2) is 36.4 Å². The van der Waals surface area contributed by atoms with E-state index in [9.17, 15) is 19.2 Å². The predicted octanol–water partition coefficient (Wildman–Crippen LogP) is 4.42. The number of hydrogen-bond acceptors (Lipinski definition) is 8. The number of carbonyl (C=O) groups excluding carboxylic acids is 4. The van der Waals surface area contributed by atoms with Crippen LogP contribution in [0.5, 0.6) is 11.5 Å². The summed E-state index contributed by atoms with van der Waals surface area (Å²) in [6.45, 7) is 7.69. The number of benzene rings is 2. The molecule has 0 aliphatic rings. The molecule has 35 heavy (non-hydrogen) atoms. The van der Waals surface area contributed by atoms with Crippen molar-refractivity contribution in [3.8, 4) is 22.6 Å². The lowest BCUT2D eigenvalue weighted by Crippen LogP contribution is -2.45. The Bertz CT molecular complexity index is 1120. The van der Waals surface area contributed by atoms with Gasteiger partial charge in [0.05, 0.1) is 7.11 Å². The molecule has 0 saturated carbocycles. The molecule has 0 bridgehead atoms. The van der Waals surface area contributed by atoms with E-state index in [0.29, 0.717) is 16.7 Å². The van der Waals surface area contributed by atoms with Crippen LogP contribution in [0.2, 0.25) is 0 Å². The lowest BCUT2D eigenvalue weighted by Gasteiger charge is -2.23. The number of hydrogen-bond donors (Lipinski definition) is 1. The van der Waals surface area contributed by atoms with E-state index in [1.54, 1.807) is 57.2 Å². The van der Waals surface area contributed by atoms with Gasteiger partial charge in [-0.2, -0.15) is 0 Å². The molecule has 2 aromatic rings. The third-order valence-electron chi connectivity index (χ3n) is 4.40. The van der Waals surface area contributed by atoms with Gasteiger partial charge in [-0.25, -0.2) is 9.59 Å². The van der Waals surface area contributed by atoms with E-state index in [1.165, 1.54) is 21.0 Å². The van der Waals surface area contributed by atoms with Gasteiger partial charge in [0, 0.05) is 35.0 Å². The molecule has 0 aliphatic carbocycles. The number of halogens is 1. The molecule has 10 heteroatoms. The summed E-state index contributed by atoms with van der Waals surface area (Å²) in [5.41, 5.74) is 0.851. The molecule has 188 valence electrons. The second-order valence-corrected chi connectivity index (χ2v) is 9.83. The van der Waals surface area contributed by atoms with Crippen LogP contribution >= 0.6 is 22.6 Å². The first kappa shape index (κ1) is 28.1. The highest BCUT2D eigenvalue weighted by Gasteiger charge is 2.26. The lowest BCUT2D eigenvalue weighted by molar-refractivity contribution is -0.143. The van der Waals surface area contributed by atoms with Crippen LogP contribution in [0.1, 0.15) is 40.2 Å². The molecule has 1 N–H and O–H groups in total. The Hall–Kier alpha value is -3.15. The highest BCUT2D eigenvalue weighted by molar-refractivity contribution is 14.1. The average molecular weight is 597 g/mol. The lowest BCUT2D eigenvalue weighted by atomic mass is 9.97. The second-order valence-electron chi connectivity index (χ2n) is 8.58. The molecule has 0 radical (unpaired) electrons. The topological polar surface area (TPSA) is 117 Å². The summed E-state index contributed by atoms with van der Waals surface area (Å²) in [6, 6.07) is 9.09. The summed E-state index contributed by atoms with van der Waals surface area (Å²) >= 11 is 2.11. The van der Waals surface area contributed by atoms with Gasteiger partial charge in [-0.15, -0.1) is 0 Å². The first-order chi connectivity index (χ1) is 16.3. The van der Waals surface area contributed by atoms with E-state index < -0.39 is 35.6 Å². The van der Waals surface area contributed by atoms with Gasteiger partial charge in [-0.3, -0.25) is 9.59 Å². The zero-order valence-corrected chi connectivity index (χ0v) is 22.6. The normalized spacial score (nSPS) is 11.7. The van der Waals surface area contributed by atoms with Gasteiger partial charge in [-0.05, 0) is 79.3 Å². The molecule has 2 aromatic carbocycles. The summed E-state index contributed by atoms with van der Waals surface area (Å²) in [7, 11) is 1.22. The molecule has 9 nitrogen and oxygen atoms in total. The molecule has 1 amide bonds. The third kappa shape index (κ3) is 8.85. The van der Waals surface area contributed by atoms with E-state index in [2.05, 4.69) is 27.9 Å². The number of nitrogens with one attached hydrogen (secondary N) is 1. The van der Waals surface area contributed by atoms with Gasteiger partial charge < -0.3 is 24.3 Å². The fourth-order valence-electron chi connectivity index (χ4n) is 3.14. The Morgan fingerprint density at radius 3 is 1.97 bits per heavy atom. The van der Waals surface area contributed by atoms with E-state index >= 15 is 0 Å². The van der Waals surface area contributed by atoms with Crippen LogP contribution < -0.4 is 14.8 Å². The molecule has 2 rings (SSSR count). The van der Waals surface area contributed by atoms with Gasteiger partial charge in [0.1, 0.15) is 23.1 Å². The van der Waals surface area contributed by atoms with Crippen LogP contribution in [-0.4, -0.2) is 42.8 Å². The van der Waals surface area contributed by atoms with Gasteiger partial charge >= 0.3 is 24.0 Å². The zero-order valence-electron chi connectivity index (χ0n) is 20.4. The Balaban J connectivity index is 2.52. The maximum absolute atomic E-state index is 12.4. The zero-order chi connectivity index (χ0) is 26.3. The highest BCUT2D eigenvalue weighted by Crippen LogP contribution is 2.38. The number of carbonyl (C=O) groups is 4. The number of ether oxygens (including phenoxy) is 4. The van der Waals surface area contributed by atoms with Crippen molar-refractivity contribution >= 4 is 46.6 Å². The van der Waals surface area contributed by atoms with E-state index in [0.717, 1.165) is 3.57 Å². The SMILES string of the molecule is COC(=O)[C@H](Cc1ccc(OC(C)=O)c(-c2cc(I)ccc2OC(C)=O)c1)NC(=O)OC(C)(C)C. The highest BCUT2D eigenvalue weighted by atomic mass is 127. The van der Waals surface area contributed by atoms with E-state index in [4.69, 9.17) is 18.9 Å².